The third-order valence-corrected chi connectivity index (χ3v) is 4.54. The molecule has 7 nitrogen and oxygen atoms in total. The largest absolute Gasteiger partial charge is 0.497 e. The number of hydrogen-bond acceptors (Lipinski definition) is 6. The van der Waals surface area contributed by atoms with E-state index in [4.69, 9.17) is 9.47 Å². The van der Waals surface area contributed by atoms with E-state index in [1.165, 1.54) is 12.1 Å². The zero-order valence-electron chi connectivity index (χ0n) is 15.3. The van der Waals surface area contributed by atoms with Gasteiger partial charge >= 0.3 is 0 Å². The van der Waals surface area contributed by atoms with Crippen LogP contribution in [0.5, 0.6) is 11.5 Å². The van der Waals surface area contributed by atoms with Gasteiger partial charge in [-0.05, 0) is 36.4 Å². The van der Waals surface area contributed by atoms with Gasteiger partial charge in [0.05, 0.1) is 30.3 Å². The molecule has 0 saturated carbocycles. The third kappa shape index (κ3) is 3.03. The number of methoxy groups -OCH3 is 2. The lowest BCUT2D eigenvalue weighted by Crippen LogP contribution is -1.98. The Labute approximate surface area is 160 Å². The first-order chi connectivity index (χ1) is 13.6. The van der Waals surface area contributed by atoms with E-state index in [1.807, 2.05) is 42.5 Å². The van der Waals surface area contributed by atoms with Gasteiger partial charge in [0.2, 0.25) is 0 Å². The lowest BCUT2D eigenvalue weighted by atomic mass is 10.1. The molecule has 0 fully saturated rings. The third-order valence-electron chi connectivity index (χ3n) is 4.54. The van der Waals surface area contributed by atoms with Crippen LogP contribution in [0.3, 0.4) is 0 Å². The normalized spacial score (nSPS) is 10.8. The quantitative estimate of drug-likeness (QED) is 0.298. The molecule has 4 aromatic rings. The molecule has 140 valence electrons. The second-order valence-electron chi connectivity index (χ2n) is 6.16. The zero-order valence-corrected chi connectivity index (χ0v) is 15.3. The van der Waals surface area contributed by atoms with Crippen LogP contribution in [0.25, 0.3) is 21.8 Å². The lowest BCUT2D eigenvalue weighted by molar-refractivity contribution is -0.384. The highest BCUT2D eigenvalue weighted by Gasteiger charge is 2.15. The van der Waals surface area contributed by atoms with Crippen LogP contribution in [0.4, 0.5) is 17.1 Å². The van der Waals surface area contributed by atoms with E-state index in [-0.39, 0.29) is 5.69 Å². The molecule has 7 heteroatoms. The molecule has 0 radical (unpaired) electrons. The first-order valence-electron chi connectivity index (χ1n) is 8.56. The first-order valence-corrected chi connectivity index (χ1v) is 8.56. The molecular formula is C21H17N3O4. The van der Waals surface area contributed by atoms with Gasteiger partial charge in [0.1, 0.15) is 17.0 Å². The van der Waals surface area contributed by atoms with E-state index >= 15 is 0 Å². The highest BCUT2D eigenvalue weighted by Crippen LogP contribution is 2.37. The van der Waals surface area contributed by atoms with Crippen molar-refractivity contribution in [3.8, 4) is 11.5 Å². The fourth-order valence-corrected chi connectivity index (χ4v) is 3.16. The molecule has 1 heterocycles. The molecule has 0 amide bonds. The standard InChI is InChI=1S/C21H17N3O4/c1-27-15-9-6-13(7-10-15)22-20-16-11-8-14(24(25)26)12-18(16)23-21-17(20)4-3-5-19(21)28-2/h3-12H,1-2H3,(H,22,23). The van der Waals surface area contributed by atoms with Gasteiger partial charge < -0.3 is 14.8 Å². The van der Waals surface area contributed by atoms with Crippen LogP contribution in [0.15, 0.2) is 60.7 Å². The molecular weight excluding hydrogens is 358 g/mol. The highest BCUT2D eigenvalue weighted by atomic mass is 16.6. The summed E-state index contributed by atoms with van der Waals surface area (Å²) in [6, 6.07) is 17.8. The van der Waals surface area contributed by atoms with Crippen LogP contribution >= 0.6 is 0 Å². The fourth-order valence-electron chi connectivity index (χ4n) is 3.16. The molecule has 0 bridgehead atoms. The number of rotatable bonds is 5. The van der Waals surface area contributed by atoms with Gasteiger partial charge in [-0.15, -0.1) is 0 Å². The molecule has 0 aliphatic carbocycles. The smallest absolute Gasteiger partial charge is 0.271 e. The molecule has 1 N–H and O–H groups in total. The molecule has 3 aromatic carbocycles. The lowest BCUT2D eigenvalue weighted by Gasteiger charge is -2.15. The summed E-state index contributed by atoms with van der Waals surface area (Å²) in [5.74, 6) is 1.36. The molecule has 4 rings (SSSR count). The summed E-state index contributed by atoms with van der Waals surface area (Å²) in [5.41, 5.74) is 2.80. The molecule has 0 aliphatic heterocycles. The predicted octanol–water partition coefficient (Wildman–Crippen LogP) is 5.06. The number of pyridine rings is 1. The summed E-state index contributed by atoms with van der Waals surface area (Å²) in [6.45, 7) is 0. The fraction of sp³-hybridized carbons (Fsp3) is 0.0952. The van der Waals surface area contributed by atoms with Gasteiger partial charge in [0.25, 0.3) is 5.69 Å². The Morgan fingerprint density at radius 2 is 1.75 bits per heavy atom. The summed E-state index contributed by atoms with van der Waals surface area (Å²) < 4.78 is 10.7. The average molecular weight is 375 g/mol. The number of fused-ring (bicyclic) bond motifs is 2. The molecule has 0 unspecified atom stereocenters. The van der Waals surface area contributed by atoms with Crippen molar-refractivity contribution in [3.63, 3.8) is 0 Å². The minimum Gasteiger partial charge on any atom is -0.497 e. The number of nitrogens with zero attached hydrogens (tertiary/aromatic N) is 2. The SMILES string of the molecule is COc1ccc(Nc2c3ccc([N+](=O)[O-])cc3nc3c(OC)cccc23)cc1. The number of para-hydroxylation sites is 1. The van der Waals surface area contributed by atoms with Crippen LogP contribution in [0, 0.1) is 10.1 Å². The molecule has 28 heavy (non-hydrogen) atoms. The van der Waals surface area contributed by atoms with E-state index < -0.39 is 4.92 Å². The number of hydrogen-bond donors (Lipinski definition) is 1. The summed E-state index contributed by atoms with van der Waals surface area (Å²) in [7, 11) is 3.19. The second-order valence-corrected chi connectivity index (χ2v) is 6.16. The van der Waals surface area contributed by atoms with E-state index in [9.17, 15) is 10.1 Å². The monoisotopic (exact) mass is 375 g/mol. The number of nitro benzene ring substituents is 1. The zero-order chi connectivity index (χ0) is 19.7. The van der Waals surface area contributed by atoms with E-state index in [0.717, 1.165) is 27.9 Å². The number of anilines is 2. The van der Waals surface area contributed by atoms with Crippen molar-refractivity contribution in [1.82, 2.24) is 4.98 Å². The van der Waals surface area contributed by atoms with Crippen LogP contribution < -0.4 is 14.8 Å². The Morgan fingerprint density at radius 1 is 0.964 bits per heavy atom. The number of ether oxygens (including phenoxy) is 2. The number of benzene rings is 3. The van der Waals surface area contributed by atoms with Crippen molar-refractivity contribution in [2.24, 2.45) is 0 Å². The van der Waals surface area contributed by atoms with Crippen molar-refractivity contribution in [2.75, 3.05) is 19.5 Å². The van der Waals surface area contributed by atoms with Crippen LogP contribution in [-0.4, -0.2) is 24.1 Å². The van der Waals surface area contributed by atoms with Gasteiger partial charge in [0, 0.05) is 28.6 Å². The molecule has 0 atom stereocenters. The number of non-ortho nitro benzene ring substituents is 1. The Balaban J connectivity index is 1.97. The van der Waals surface area contributed by atoms with Crippen LogP contribution in [-0.2, 0) is 0 Å². The van der Waals surface area contributed by atoms with Crippen molar-refractivity contribution in [2.45, 2.75) is 0 Å². The van der Waals surface area contributed by atoms with Crippen molar-refractivity contribution in [3.05, 3.63) is 70.8 Å². The van der Waals surface area contributed by atoms with Crippen molar-refractivity contribution < 1.29 is 14.4 Å². The van der Waals surface area contributed by atoms with Crippen molar-refractivity contribution in [1.29, 1.82) is 0 Å². The Kier molecular flexibility index (Phi) is 4.41. The van der Waals surface area contributed by atoms with Gasteiger partial charge in [-0.2, -0.15) is 0 Å². The summed E-state index contributed by atoms with van der Waals surface area (Å²) in [5, 5.41) is 16.3. The van der Waals surface area contributed by atoms with Gasteiger partial charge in [0.15, 0.2) is 0 Å². The number of nitrogens with one attached hydrogen (secondary N) is 1. The number of nitro groups is 1. The average Bonchev–Trinajstić information content (AvgIpc) is 2.73. The van der Waals surface area contributed by atoms with Gasteiger partial charge in [-0.1, -0.05) is 12.1 Å². The Morgan fingerprint density at radius 3 is 2.43 bits per heavy atom. The molecule has 0 saturated heterocycles. The Bertz CT molecular complexity index is 1190. The maximum atomic E-state index is 11.2. The molecule has 1 aromatic heterocycles. The second kappa shape index (κ2) is 7.03. The van der Waals surface area contributed by atoms with Crippen LogP contribution in [0.2, 0.25) is 0 Å². The number of aromatic nitrogens is 1. The first kappa shape index (κ1) is 17.5. The predicted molar refractivity (Wildman–Crippen MR) is 109 cm³/mol. The summed E-state index contributed by atoms with van der Waals surface area (Å²) >= 11 is 0. The minimum absolute atomic E-state index is 0.00959. The van der Waals surface area contributed by atoms with E-state index in [2.05, 4.69) is 10.3 Å². The maximum absolute atomic E-state index is 11.2. The van der Waals surface area contributed by atoms with Crippen LogP contribution in [0.1, 0.15) is 0 Å². The topological polar surface area (TPSA) is 86.5 Å². The summed E-state index contributed by atoms with van der Waals surface area (Å²) in [4.78, 5) is 15.4. The van der Waals surface area contributed by atoms with Gasteiger partial charge in [-0.3, -0.25) is 10.1 Å². The minimum atomic E-state index is -0.426. The Hall–Kier alpha value is -3.87. The summed E-state index contributed by atoms with van der Waals surface area (Å²) in [6.07, 6.45) is 0. The molecule has 0 spiro atoms. The highest BCUT2D eigenvalue weighted by molar-refractivity contribution is 6.10. The van der Waals surface area contributed by atoms with E-state index in [1.54, 1.807) is 20.3 Å². The van der Waals surface area contributed by atoms with Crippen molar-refractivity contribution >= 4 is 38.9 Å². The van der Waals surface area contributed by atoms with E-state index in [0.29, 0.717) is 16.8 Å². The molecule has 0 aliphatic rings. The van der Waals surface area contributed by atoms with Gasteiger partial charge in [-0.25, -0.2) is 4.98 Å². The maximum Gasteiger partial charge on any atom is 0.271 e.